The highest BCUT2D eigenvalue weighted by Gasteiger charge is 2.14. The van der Waals surface area contributed by atoms with Crippen LogP contribution in [0.5, 0.6) is 11.5 Å². The van der Waals surface area contributed by atoms with Gasteiger partial charge in [-0.15, -0.1) is 0 Å². The van der Waals surface area contributed by atoms with Crippen molar-refractivity contribution in [3.8, 4) is 17.6 Å². The predicted molar refractivity (Wildman–Crippen MR) is 90.6 cm³/mol. The molecule has 0 aliphatic heterocycles. The second kappa shape index (κ2) is 9.21. The second-order valence-electron chi connectivity index (χ2n) is 5.17. The maximum absolute atomic E-state index is 12.4. The van der Waals surface area contributed by atoms with Crippen molar-refractivity contribution in [3.05, 3.63) is 60.2 Å². The summed E-state index contributed by atoms with van der Waals surface area (Å²) >= 11 is 0. The molecule has 0 bridgehead atoms. The summed E-state index contributed by atoms with van der Waals surface area (Å²) in [6.45, 7) is 0.786. The molecule has 5 nitrogen and oxygen atoms in total. The lowest BCUT2D eigenvalue weighted by Gasteiger charge is -2.22. The fourth-order valence-electron chi connectivity index (χ4n) is 2.19. The Bertz CT molecular complexity index is 678. The van der Waals surface area contributed by atoms with E-state index in [-0.39, 0.29) is 12.5 Å². The van der Waals surface area contributed by atoms with Crippen LogP contribution in [0, 0.1) is 11.3 Å². The van der Waals surface area contributed by atoms with E-state index in [1.807, 2.05) is 30.3 Å². The van der Waals surface area contributed by atoms with Gasteiger partial charge in [0.2, 0.25) is 0 Å². The van der Waals surface area contributed by atoms with Gasteiger partial charge in [-0.2, -0.15) is 5.26 Å². The maximum atomic E-state index is 12.4. The first kappa shape index (κ1) is 17.4. The Morgan fingerprint density at radius 1 is 1.08 bits per heavy atom. The van der Waals surface area contributed by atoms with Crippen LogP contribution in [0.2, 0.25) is 0 Å². The minimum Gasteiger partial charge on any atom is -0.497 e. The molecule has 0 saturated heterocycles. The molecule has 0 aromatic heterocycles. The molecule has 0 heterocycles. The highest BCUT2D eigenvalue weighted by atomic mass is 16.5. The summed E-state index contributed by atoms with van der Waals surface area (Å²) in [4.78, 5) is 14.1. The summed E-state index contributed by atoms with van der Waals surface area (Å²) in [5.74, 6) is 1.18. The lowest BCUT2D eigenvalue weighted by molar-refractivity contribution is -0.133. The monoisotopic (exact) mass is 324 g/mol. The fraction of sp³-hybridized carbons (Fsp3) is 0.263. The zero-order chi connectivity index (χ0) is 17.2. The smallest absolute Gasteiger partial charge is 0.260 e. The molecule has 2 aromatic rings. The van der Waals surface area contributed by atoms with Crippen molar-refractivity contribution in [2.45, 2.75) is 13.0 Å². The maximum Gasteiger partial charge on any atom is 0.260 e. The number of nitrogens with zero attached hydrogens (tertiary/aromatic N) is 2. The Morgan fingerprint density at radius 2 is 1.75 bits per heavy atom. The summed E-state index contributed by atoms with van der Waals surface area (Å²) in [5, 5.41) is 8.79. The third-order valence-corrected chi connectivity index (χ3v) is 3.48. The van der Waals surface area contributed by atoms with Crippen molar-refractivity contribution in [1.29, 1.82) is 5.26 Å². The minimum atomic E-state index is -0.148. The van der Waals surface area contributed by atoms with Crippen LogP contribution in [0.3, 0.4) is 0 Å². The average molecular weight is 324 g/mol. The number of methoxy groups -OCH3 is 1. The molecule has 0 N–H and O–H groups in total. The molecular weight excluding hydrogens is 304 g/mol. The topological polar surface area (TPSA) is 62.6 Å². The second-order valence-corrected chi connectivity index (χ2v) is 5.17. The molecule has 1 amide bonds. The molecule has 0 radical (unpaired) electrons. The van der Waals surface area contributed by atoms with Crippen molar-refractivity contribution in [3.63, 3.8) is 0 Å². The Morgan fingerprint density at radius 3 is 2.38 bits per heavy atom. The molecule has 124 valence electrons. The third-order valence-electron chi connectivity index (χ3n) is 3.48. The molecule has 0 saturated carbocycles. The average Bonchev–Trinajstić information content (AvgIpc) is 2.64. The van der Waals surface area contributed by atoms with Gasteiger partial charge in [-0.25, -0.2) is 0 Å². The Labute approximate surface area is 142 Å². The Balaban J connectivity index is 1.94. The van der Waals surface area contributed by atoms with E-state index < -0.39 is 0 Å². The number of rotatable bonds is 8. The van der Waals surface area contributed by atoms with E-state index in [1.165, 1.54) is 0 Å². The van der Waals surface area contributed by atoms with Crippen LogP contribution in [0.1, 0.15) is 12.0 Å². The van der Waals surface area contributed by atoms with Crippen molar-refractivity contribution < 1.29 is 14.3 Å². The summed E-state index contributed by atoms with van der Waals surface area (Å²) < 4.78 is 10.6. The molecule has 0 aliphatic carbocycles. The van der Waals surface area contributed by atoms with E-state index in [2.05, 4.69) is 6.07 Å². The SMILES string of the molecule is COc1ccc(OCC(=O)N(CCC#N)Cc2ccccc2)cc1. The quantitative estimate of drug-likeness (QED) is 0.749. The summed E-state index contributed by atoms with van der Waals surface area (Å²) in [6.07, 6.45) is 0.293. The van der Waals surface area contributed by atoms with Gasteiger partial charge in [0.1, 0.15) is 11.5 Å². The number of hydrogen-bond donors (Lipinski definition) is 0. The minimum absolute atomic E-state index is 0.0649. The summed E-state index contributed by atoms with van der Waals surface area (Å²) in [5.41, 5.74) is 1.02. The number of ether oxygens (including phenoxy) is 2. The van der Waals surface area contributed by atoms with Crippen molar-refractivity contribution in [2.75, 3.05) is 20.3 Å². The van der Waals surface area contributed by atoms with Crippen molar-refractivity contribution >= 4 is 5.91 Å². The summed E-state index contributed by atoms with van der Waals surface area (Å²) in [7, 11) is 1.59. The lowest BCUT2D eigenvalue weighted by Crippen LogP contribution is -2.35. The van der Waals surface area contributed by atoms with Gasteiger partial charge in [0.15, 0.2) is 6.61 Å². The molecule has 0 spiro atoms. The van der Waals surface area contributed by atoms with Crippen LogP contribution in [-0.2, 0) is 11.3 Å². The zero-order valence-corrected chi connectivity index (χ0v) is 13.6. The van der Waals surface area contributed by atoms with Crippen LogP contribution >= 0.6 is 0 Å². The Kier molecular flexibility index (Phi) is 6.66. The fourth-order valence-corrected chi connectivity index (χ4v) is 2.19. The van der Waals surface area contributed by atoms with E-state index in [0.717, 1.165) is 11.3 Å². The molecule has 0 unspecified atom stereocenters. The van der Waals surface area contributed by atoms with E-state index in [4.69, 9.17) is 14.7 Å². The molecular formula is C19H20N2O3. The third kappa shape index (κ3) is 5.33. The zero-order valence-electron chi connectivity index (χ0n) is 13.6. The van der Waals surface area contributed by atoms with Crippen molar-refractivity contribution in [1.82, 2.24) is 4.90 Å². The molecule has 2 aromatic carbocycles. The first-order valence-corrected chi connectivity index (χ1v) is 7.68. The van der Waals surface area contributed by atoms with Gasteiger partial charge in [0.05, 0.1) is 19.6 Å². The van der Waals surface area contributed by atoms with Crippen molar-refractivity contribution in [2.24, 2.45) is 0 Å². The molecule has 5 heteroatoms. The predicted octanol–water partition coefficient (Wildman–Crippen LogP) is 3.02. The highest BCUT2D eigenvalue weighted by molar-refractivity contribution is 5.77. The molecule has 0 atom stereocenters. The van der Waals surface area contributed by atoms with Gasteiger partial charge < -0.3 is 14.4 Å². The van der Waals surface area contributed by atoms with Gasteiger partial charge in [-0.1, -0.05) is 30.3 Å². The number of carbonyl (C=O) groups is 1. The van der Waals surface area contributed by atoms with Gasteiger partial charge in [0, 0.05) is 13.1 Å². The van der Waals surface area contributed by atoms with E-state index >= 15 is 0 Å². The highest BCUT2D eigenvalue weighted by Crippen LogP contribution is 2.17. The normalized spacial score (nSPS) is 9.83. The molecule has 0 fully saturated rings. The van der Waals surface area contributed by atoms with E-state index in [1.54, 1.807) is 36.3 Å². The van der Waals surface area contributed by atoms with Crippen LogP contribution < -0.4 is 9.47 Å². The number of nitriles is 1. The number of carbonyl (C=O) groups excluding carboxylic acids is 1. The van der Waals surface area contributed by atoms with Gasteiger partial charge >= 0.3 is 0 Å². The first-order chi connectivity index (χ1) is 11.7. The van der Waals surface area contributed by atoms with Gasteiger partial charge in [-0.3, -0.25) is 4.79 Å². The first-order valence-electron chi connectivity index (χ1n) is 7.68. The largest absolute Gasteiger partial charge is 0.497 e. The number of benzene rings is 2. The van der Waals surface area contributed by atoms with Crippen LogP contribution in [0.4, 0.5) is 0 Å². The van der Waals surface area contributed by atoms with E-state index in [9.17, 15) is 4.79 Å². The molecule has 24 heavy (non-hydrogen) atoms. The molecule has 2 rings (SSSR count). The van der Waals surface area contributed by atoms with Crippen LogP contribution in [0.15, 0.2) is 54.6 Å². The lowest BCUT2D eigenvalue weighted by atomic mass is 10.2. The van der Waals surface area contributed by atoms with E-state index in [0.29, 0.717) is 25.3 Å². The van der Waals surface area contributed by atoms with Crippen LogP contribution in [-0.4, -0.2) is 31.1 Å². The standard InChI is InChI=1S/C19H20N2O3/c1-23-17-8-10-18(11-9-17)24-15-19(22)21(13-5-12-20)14-16-6-3-2-4-7-16/h2-4,6-11H,5,13-15H2,1H3. The van der Waals surface area contributed by atoms with Gasteiger partial charge in [0.25, 0.3) is 5.91 Å². The van der Waals surface area contributed by atoms with Crippen LogP contribution in [0.25, 0.3) is 0 Å². The Hall–Kier alpha value is -3.00. The summed E-state index contributed by atoms with van der Waals surface area (Å²) in [6, 6.07) is 18.8. The number of amides is 1. The number of hydrogen-bond acceptors (Lipinski definition) is 4. The van der Waals surface area contributed by atoms with Gasteiger partial charge in [-0.05, 0) is 29.8 Å². The molecule has 0 aliphatic rings.